The van der Waals surface area contributed by atoms with Crippen molar-refractivity contribution in [3.63, 3.8) is 0 Å². The molecule has 0 saturated heterocycles. The summed E-state index contributed by atoms with van der Waals surface area (Å²) in [5.74, 6) is -2.54. The molecule has 0 unspecified atom stereocenters. The molecule has 136 valence electrons. The highest BCUT2D eigenvalue weighted by Gasteiger charge is 2.25. The average molecular weight is 360 g/mol. The predicted octanol–water partition coefficient (Wildman–Crippen LogP) is 3.19. The number of aliphatic hydroxyl groups is 1. The summed E-state index contributed by atoms with van der Waals surface area (Å²) in [4.78, 5) is 16.2. The van der Waals surface area contributed by atoms with Crippen LogP contribution < -0.4 is 0 Å². The number of halogens is 2. The van der Waals surface area contributed by atoms with E-state index in [1.807, 2.05) is 6.07 Å². The van der Waals surface area contributed by atoms with E-state index in [4.69, 9.17) is 0 Å². The van der Waals surface area contributed by atoms with Gasteiger partial charge in [0.25, 0.3) is 0 Å². The summed E-state index contributed by atoms with van der Waals surface area (Å²) in [5, 5.41) is 11.0. The fourth-order valence-corrected chi connectivity index (χ4v) is 3.11. The maximum atomic E-state index is 13.4. The van der Waals surface area contributed by atoms with Crippen LogP contribution in [0.25, 0.3) is 11.0 Å². The van der Waals surface area contributed by atoms with Gasteiger partial charge in [0.05, 0.1) is 7.11 Å². The number of aliphatic hydroxyl groups excluding tert-OH is 1. The van der Waals surface area contributed by atoms with Crippen molar-refractivity contribution in [2.75, 3.05) is 7.11 Å². The SMILES string of the molecule is COC(=O)[C@@H](O)c1c(C)nc2c(ccn2Cc2ccc(F)c(F)c2)c1C. The molecule has 0 fully saturated rings. The van der Waals surface area contributed by atoms with E-state index in [9.17, 15) is 18.7 Å². The van der Waals surface area contributed by atoms with E-state index in [1.54, 1.807) is 24.6 Å². The minimum atomic E-state index is -1.41. The molecular formula is C19H18F2N2O3. The lowest BCUT2D eigenvalue weighted by molar-refractivity contribution is -0.150. The zero-order valence-corrected chi connectivity index (χ0v) is 14.6. The molecule has 3 rings (SSSR count). The number of aryl methyl sites for hydroxylation is 2. The van der Waals surface area contributed by atoms with Crippen molar-refractivity contribution in [3.05, 3.63) is 64.5 Å². The van der Waals surface area contributed by atoms with Crippen LogP contribution in [0.3, 0.4) is 0 Å². The van der Waals surface area contributed by atoms with Crippen molar-refractivity contribution in [2.45, 2.75) is 26.5 Å². The molecule has 0 saturated carbocycles. The molecule has 2 aromatic heterocycles. The van der Waals surface area contributed by atoms with Gasteiger partial charge < -0.3 is 14.4 Å². The van der Waals surface area contributed by atoms with Crippen molar-refractivity contribution in [2.24, 2.45) is 0 Å². The summed E-state index contributed by atoms with van der Waals surface area (Å²) in [6, 6.07) is 5.56. The van der Waals surface area contributed by atoms with Crippen LogP contribution in [-0.4, -0.2) is 27.7 Å². The van der Waals surface area contributed by atoms with Gasteiger partial charge in [-0.25, -0.2) is 18.6 Å². The second-order valence-electron chi connectivity index (χ2n) is 6.09. The van der Waals surface area contributed by atoms with Gasteiger partial charge in [-0.15, -0.1) is 0 Å². The molecule has 0 aliphatic carbocycles. The van der Waals surface area contributed by atoms with Crippen LogP contribution in [0.2, 0.25) is 0 Å². The standard InChI is InChI=1S/C19H18F2N2O3/c1-10-13-6-7-23(9-12-4-5-14(20)15(21)8-12)18(13)22-11(2)16(10)17(24)19(25)26-3/h4-8,17,24H,9H2,1-3H3/t17-/m0/s1. The molecule has 0 aliphatic rings. The van der Waals surface area contributed by atoms with E-state index in [2.05, 4.69) is 9.72 Å². The smallest absolute Gasteiger partial charge is 0.339 e. The molecule has 5 nitrogen and oxygen atoms in total. The molecule has 1 N–H and O–H groups in total. The van der Waals surface area contributed by atoms with E-state index < -0.39 is 23.7 Å². The van der Waals surface area contributed by atoms with Gasteiger partial charge in [0, 0.05) is 29.4 Å². The summed E-state index contributed by atoms with van der Waals surface area (Å²) in [5.41, 5.74) is 2.85. The molecule has 1 aromatic carbocycles. The summed E-state index contributed by atoms with van der Waals surface area (Å²) < 4.78 is 32.9. The maximum Gasteiger partial charge on any atom is 0.339 e. The summed E-state index contributed by atoms with van der Waals surface area (Å²) in [6.07, 6.45) is 0.367. The van der Waals surface area contributed by atoms with Gasteiger partial charge in [-0.3, -0.25) is 0 Å². The zero-order valence-electron chi connectivity index (χ0n) is 14.6. The number of ether oxygens (including phenoxy) is 1. The Morgan fingerprint density at radius 1 is 1.27 bits per heavy atom. The van der Waals surface area contributed by atoms with E-state index >= 15 is 0 Å². The number of fused-ring (bicyclic) bond motifs is 1. The van der Waals surface area contributed by atoms with Gasteiger partial charge in [-0.1, -0.05) is 6.07 Å². The van der Waals surface area contributed by atoms with Crippen LogP contribution in [0.1, 0.15) is 28.5 Å². The van der Waals surface area contributed by atoms with E-state index in [0.29, 0.717) is 29.0 Å². The maximum absolute atomic E-state index is 13.4. The fraction of sp³-hybridized carbons (Fsp3) is 0.263. The number of rotatable bonds is 4. The molecule has 0 amide bonds. The lowest BCUT2D eigenvalue weighted by Gasteiger charge is -2.15. The molecule has 0 aliphatic heterocycles. The molecule has 1 atom stereocenters. The van der Waals surface area contributed by atoms with Gasteiger partial charge in [0.15, 0.2) is 17.7 Å². The number of nitrogens with zero attached hydrogens (tertiary/aromatic N) is 2. The third-order valence-corrected chi connectivity index (χ3v) is 4.44. The topological polar surface area (TPSA) is 64.3 Å². The monoisotopic (exact) mass is 360 g/mol. The van der Waals surface area contributed by atoms with Gasteiger partial charge >= 0.3 is 5.97 Å². The number of pyridine rings is 1. The minimum Gasteiger partial charge on any atom is -0.467 e. The highest BCUT2D eigenvalue weighted by molar-refractivity contribution is 5.85. The number of methoxy groups -OCH3 is 1. The normalized spacial score (nSPS) is 12.4. The van der Waals surface area contributed by atoms with Crippen molar-refractivity contribution >= 4 is 17.0 Å². The number of carbonyl (C=O) groups is 1. The van der Waals surface area contributed by atoms with Gasteiger partial charge in [0.1, 0.15) is 5.65 Å². The Labute approximate surface area is 148 Å². The molecular weight excluding hydrogens is 342 g/mol. The number of esters is 1. The highest BCUT2D eigenvalue weighted by Crippen LogP contribution is 2.29. The quantitative estimate of drug-likeness (QED) is 0.726. The van der Waals surface area contributed by atoms with E-state index in [1.165, 1.54) is 13.2 Å². The van der Waals surface area contributed by atoms with Gasteiger partial charge in [-0.05, 0) is 43.2 Å². The van der Waals surface area contributed by atoms with Crippen LogP contribution >= 0.6 is 0 Å². The third kappa shape index (κ3) is 3.06. The molecule has 2 heterocycles. The van der Waals surface area contributed by atoms with Crippen molar-refractivity contribution < 1.29 is 23.4 Å². The Bertz CT molecular complexity index is 998. The first-order valence-electron chi connectivity index (χ1n) is 7.99. The number of hydrogen-bond donors (Lipinski definition) is 1. The first kappa shape index (κ1) is 18.0. The van der Waals surface area contributed by atoms with Crippen LogP contribution in [-0.2, 0) is 16.1 Å². The fourth-order valence-electron chi connectivity index (χ4n) is 3.11. The Morgan fingerprint density at radius 2 is 2.00 bits per heavy atom. The Hall–Kier alpha value is -2.80. The average Bonchev–Trinajstić information content (AvgIpc) is 3.00. The Morgan fingerprint density at radius 3 is 2.65 bits per heavy atom. The number of hydrogen-bond acceptors (Lipinski definition) is 4. The first-order valence-corrected chi connectivity index (χ1v) is 7.99. The first-order chi connectivity index (χ1) is 12.3. The lowest BCUT2D eigenvalue weighted by atomic mass is 10.00. The summed E-state index contributed by atoms with van der Waals surface area (Å²) >= 11 is 0. The van der Waals surface area contributed by atoms with E-state index in [-0.39, 0.29) is 0 Å². The lowest BCUT2D eigenvalue weighted by Crippen LogP contribution is -2.17. The largest absolute Gasteiger partial charge is 0.467 e. The summed E-state index contributed by atoms with van der Waals surface area (Å²) in [7, 11) is 1.21. The molecule has 0 radical (unpaired) electrons. The number of benzene rings is 1. The van der Waals surface area contributed by atoms with Crippen molar-refractivity contribution in [3.8, 4) is 0 Å². The van der Waals surface area contributed by atoms with E-state index in [0.717, 1.165) is 23.1 Å². The van der Waals surface area contributed by atoms with Crippen LogP contribution in [0.4, 0.5) is 8.78 Å². The molecule has 0 spiro atoms. The molecule has 26 heavy (non-hydrogen) atoms. The van der Waals surface area contributed by atoms with Crippen LogP contribution in [0.5, 0.6) is 0 Å². The molecule has 0 bridgehead atoms. The van der Waals surface area contributed by atoms with Gasteiger partial charge in [-0.2, -0.15) is 0 Å². The number of carbonyl (C=O) groups excluding carboxylic acids is 1. The van der Waals surface area contributed by atoms with Crippen LogP contribution in [0, 0.1) is 25.5 Å². The van der Waals surface area contributed by atoms with Crippen molar-refractivity contribution in [1.82, 2.24) is 9.55 Å². The Kier molecular flexibility index (Phi) is 4.73. The Balaban J connectivity index is 2.05. The van der Waals surface area contributed by atoms with Gasteiger partial charge in [0.2, 0.25) is 0 Å². The molecule has 3 aromatic rings. The predicted molar refractivity (Wildman–Crippen MR) is 91.6 cm³/mol. The third-order valence-electron chi connectivity index (χ3n) is 4.44. The summed E-state index contributed by atoms with van der Waals surface area (Å²) in [6.45, 7) is 3.80. The minimum absolute atomic E-state index is 0.311. The molecule has 7 heteroatoms. The van der Waals surface area contributed by atoms with Crippen molar-refractivity contribution in [1.29, 1.82) is 0 Å². The highest BCUT2D eigenvalue weighted by atomic mass is 19.2. The van der Waals surface area contributed by atoms with Crippen LogP contribution in [0.15, 0.2) is 30.5 Å². The second kappa shape index (κ2) is 6.84. The number of aromatic nitrogens is 2. The second-order valence-corrected chi connectivity index (χ2v) is 6.09. The zero-order chi connectivity index (χ0) is 19.0.